The molecule has 0 aliphatic carbocycles. The molecule has 1 N–H and O–H groups in total. The maximum absolute atomic E-state index is 13.3. The number of benzene rings is 1. The van der Waals surface area contributed by atoms with Crippen LogP contribution in [-0.2, 0) is 11.2 Å². The smallest absolute Gasteiger partial charge is 0.129 e. The third-order valence-corrected chi connectivity index (χ3v) is 2.60. The lowest BCUT2D eigenvalue weighted by Gasteiger charge is -2.16. The molecule has 0 saturated carbocycles. The van der Waals surface area contributed by atoms with Crippen molar-refractivity contribution >= 4 is 0 Å². The molecular weight excluding hydrogens is 226 g/mol. The number of halogens is 2. The first kappa shape index (κ1) is 14.1. The molecule has 4 heteroatoms. The normalized spacial score (nSPS) is 14.6. The zero-order chi connectivity index (χ0) is 12.8. The Kier molecular flexibility index (Phi) is 5.51. The first-order valence-electron chi connectivity index (χ1n) is 5.64. The zero-order valence-corrected chi connectivity index (χ0v) is 10.1. The van der Waals surface area contributed by atoms with Crippen molar-refractivity contribution < 1.29 is 18.6 Å². The van der Waals surface area contributed by atoms with E-state index in [4.69, 9.17) is 4.74 Å². The van der Waals surface area contributed by atoms with Gasteiger partial charge >= 0.3 is 0 Å². The fourth-order valence-corrected chi connectivity index (χ4v) is 1.84. The van der Waals surface area contributed by atoms with E-state index in [1.807, 2.05) is 6.92 Å². The highest BCUT2D eigenvalue weighted by Gasteiger charge is 2.13. The zero-order valence-electron chi connectivity index (χ0n) is 10.1. The van der Waals surface area contributed by atoms with Gasteiger partial charge in [0.25, 0.3) is 0 Å². The Bertz CT molecular complexity index is 355. The topological polar surface area (TPSA) is 29.5 Å². The molecule has 2 nitrogen and oxygen atoms in total. The van der Waals surface area contributed by atoms with Crippen molar-refractivity contribution in [3.8, 4) is 0 Å². The average molecular weight is 244 g/mol. The van der Waals surface area contributed by atoms with Crippen LogP contribution >= 0.6 is 0 Å². The van der Waals surface area contributed by atoms with Crippen LogP contribution in [0.2, 0.25) is 0 Å². The first-order chi connectivity index (χ1) is 8.02. The van der Waals surface area contributed by atoms with Crippen molar-refractivity contribution in [2.75, 3.05) is 13.7 Å². The van der Waals surface area contributed by atoms with Gasteiger partial charge in [-0.25, -0.2) is 8.78 Å². The van der Waals surface area contributed by atoms with Crippen molar-refractivity contribution in [2.45, 2.75) is 25.9 Å². The summed E-state index contributed by atoms with van der Waals surface area (Å²) in [6.45, 7) is 2.51. The lowest BCUT2D eigenvalue weighted by atomic mass is 9.98. The van der Waals surface area contributed by atoms with E-state index in [9.17, 15) is 13.9 Å². The summed E-state index contributed by atoms with van der Waals surface area (Å²) in [5, 5.41) is 9.78. The largest absolute Gasteiger partial charge is 0.393 e. The molecule has 0 aromatic heterocycles. The second kappa shape index (κ2) is 6.67. The molecule has 96 valence electrons. The van der Waals surface area contributed by atoms with Gasteiger partial charge in [0.1, 0.15) is 11.6 Å². The Balaban J connectivity index is 2.52. The lowest BCUT2D eigenvalue weighted by Crippen LogP contribution is -2.18. The van der Waals surface area contributed by atoms with Crippen LogP contribution in [0.15, 0.2) is 18.2 Å². The molecule has 0 aliphatic heterocycles. The van der Waals surface area contributed by atoms with Gasteiger partial charge in [-0.15, -0.1) is 0 Å². The third kappa shape index (κ3) is 4.79. The highest BCUT2D eigenvalue weighted by molar-refractivity contribution is 5.19. The first-order valence-corrected chi connectivity index (χ1v) is 5.64. The Labute approximate surface area is 100 Å². The standard InChI is InChI=1S/C13H18F2O2/c1-9(8-17-2)5-12(16)6-10-3-4-11(14)7-13(10)15/h3-4,7,9,12,16H,5-6,8H2,1-2H3. The van der Waals surface area contributed by atoms with E-state index < -0.39 is 17.7 Å². The van der Waals surface area contributed by atoms with Gasteiger partial charge in [-0.3, -0.25) is 0 Å². The summed E-state index contributed by atoms with van der Waals surface area (Å²) < 4.78 is 31.0. The van der Waals surface area contributed by atoms with Crippen molar-refractivity contribution in [1.82, 2.24) is 0 Å². The molecule has 2 atom stereocenters. The van der Waals surface area contributed by atoms with E-state index in [0.29, 0.717) is 18.6 Å². The minimum Gasteiger partial charge on any atom is -0.393 e. The fraction of sp³-hybridized carbons (Fsp3) is 0.538. The van der Waals surface area contributed by atoms with Gasteiger partial charge in [-0.1, -0.05) is 13.0 Å². The molecule has 0 saturated heterocycles. The molecule has 0 spiro atoms. The second-order valence-electron chi connectivity index (χ2n) is 4.39. The summed E-state index contributed by atoms with van der Waals surface area (Å²) >= 11 is 0. The SMILES string of the molecule is COCC(C)CC(O)Cc1ccc(F)cc1F. The van der Waals surface area contributed by atoms with Crippen LogP contribution < -0.4 is 0 Å². The van der Waals surface area contributed by atoms with Crippen LogP contribution in [-0.4, -0.2) is 24.9 Å². The molecule has 0 amide bonds. The van der Waals surface area contributed by atoms with Gasteiger partial charge in [0.2, 0.25) is 0 Å². The quantitative estimate of drug-likeness (QED) is 0.833. The highest BCUT2D eigenvalue weighted by atomic mass is 19.1. The number of aliphatic hydroxyl groups is 1. The predicted octanol–water partition coefficient (Wildman–Crippen LogP) is 2.54. The van der Waals surface area contributed by atoms with Crippen LogP contribution in [0.5, 0.6) is 0 Å². The molecule has 1 rings (SSSR count). The van der Waals surface area contributed by atoms with Crippen LogP contribution in [0.1, 0.15) is 18.9 Å². The van der Waals surface area contributed by atoms with E-state index in [1.54, 1.807) is 7.11 Å². The van der Waals surface area contributed by atoms with Gasteiger partial charge in [-0.05, 0) is 24.0 Å². The number of hydrogen-bond acceptors (Lipinski definition) is 2. The van der Waals surface area contributed by atoms with E-state index in [0.717, 1.165) is 6.07 Å². The number of hydrogen-bond donors (Lipinski definition) is 1. The molecule has 0 heterocycles. The molecule has 1 aromatic carbocycles. The van der Waals surface area contributed by atoms with Crippen molar-refractivity contribution in [2.24, 2.45) is 5.92 Å². The molecule has 17 heavy (non-hydrogen) atoms. The van der Waals surface area contributed by atoms with E-state index in [-0.39, 0.29) is 12.3 Å². The number of rotatable bonds is 6. The summed E-state index contributed by atoms with van der Waals surface area (Å²) in [5.74, 6) is -1.00. The van der Waals surface area contributed by atoms with Crippen molar-refractivity contribution in [3.05, 3.63) is 35.4 Å². The van der Waals surface area contributed by atoms with Gasteiger partial charge in [0.05, 0.1) is 6.10 Å². The molecular formula is C13H18F2O2. The number of aliphatic hydroxyl groups excluding tert-OH is 1. The summed E-state index contributed by atoms with van der Waals surface area (Å²) in [6, 6.07) is 3.40. The second-order valence-corrected chi connectivity index (χ2v) is 4.39. The summed E-state index contributed by atoms with van der Waals surface area (Å²) in [6.07, 6.45) is 0.0882. The molecule has 0 fully saturated rings. The average Bonchev–Trinajstić information content (AvgIpc) is 2.22. The van der Waals surface area contributed by atoms with E-state index in [1.165, 1.54) is 12.1 Å². The predicted molar refractivity (Wildman–Crippen MR) is 61.7 cm³/mol. The number of ether oxygens (including phenoxy) is 1. The van der Waals surface area contributed by atoms with E-state index >= 15 is 0 Å². The van der Waals surface area contributed by atoms with Crippen LogP contribution in [0, 0.1) is 17.6 Å². The summed E-state index contributed by atoms with van der Waals surface area (Å²) in [5.41, 5.74) is 0.337. The van der Waals surface area contributed by atoms with Crippen LogP contribution in [0.3, 0.4) is 0 Å². The Hall–Kier alpha value is -1.00. The van der Waals surface area contributed by atoms with Gasteiger partial charge < -0.3 is 9.84 Å². The maximum atomic E-state index is 13.3. The van der Waals surface area contributed by atoms with Crippen molar-refractivity contribution in [3.63, 3.8) is 0 Å². The molecule has 2 unspecified atom stereocenters. The Morgan fingerprint density at radius 3 is 2.65 bits per heavy atom. The third-order valence-electron chi connectivity index (χ3n) is 2.60. The van der Waals surface area contributed by atoms with Gasteiger partial charge in [0, 0.05) is 26.2 Å². The molecule has 0 bridgehead atoms. The van der Waals surface area contributed by atoms with Crippen molar-refractivity contribution in [1.29, 1.82) is 0 Å². The molecule has 0 radical (unpaired) electrons. The summed E-state index contributed by atoms with van der Waals surface area (Å²) in [4.78, 5) is 0. The van der Waals surface area contributed by atoms with Crippen LogP contribution in [0.25, 0.3) is 0 Å². The molecule has 0 aliphatic rings. The van der Waals surface area contributed by atoms with Crippen LogP contribution in [0.4, 0.5) is 8.78 Å². The molecule has 1 aromatic rings. The minimum absolute atomic E-state index is 0.195. The Morgan fingerprint density at radius 2 is 2.06 bits per heavy atom. The van der Waals surface area contributed by atoms with Gasteiger partial charge in [-0.2, -0.15) is 0 Å². The fourth-order valence-electron chi connectivity index (χ4n) is 1.84. The maximum Gasteiger partial charge on any atom is 0.129 e. The highest BCUT2D eigenvalue weighted by Crippen LogP contribution is 2.15. The van der Waals surface area contributed by atoms with E-state index in [2.05, 4.69) is 0 Å². The minimum atomic E-state index is -0.639. The monoisotopic (exact) mass is 244 g/mol. The lowest BCUT2D eigenvalue weighted by molar-refractivity contribution is 0.101. The summed E-state index contributed by atoms with van der Waals surface area (Å²) in [7, 11) is 1.60. The van der Waals surface area contributed by atoms with Gasteiger partial charge in [0.15, 0.2) is 0 Å². The number of methoxy groups -OCH3 is 1. The Morgan fingerprint density at radius 1 is 1.35 bits per heavy atom.